The molecule has 0 atom stereocenters. The van der Waals surface area contributed by atoms with Crippen molar-refractivity contribution < 1.29 is 48.4 Å². The van der Waals surface area contributed by atoms with Gasteiger partial charge in [-0.2, -0.15) is 0 Å². The Morgan fingerprint density at radius 2 is 1.52 bits per heavy atom. The molecule has 1 aliphatic carbocycles. The number of halogens is 9. The van der Waals surface area contributed by atoms with E-state index in [1.54, 1.807) is 4.57 Å². The van der Waals surface area contributed by atoms with Gasteiger partial charge in [0.05, 0.1) is 23.6 Å². The molecule has 0 bridgehead atoms. The molecule has 1 aromatic carbocycles. The topological polar surface area (TPSA) is 48.3 Å². The summed E-state index contributed by atoms with van der Waals surface area (Å²) >= 11 is 0. The molecule has 1 aromatic heterocycles. The smallest absolute Gasteiger partial charge is 0.492 e. The largest absolute Gasteiger partial charge is 0.673 e. The predicted molar refractivity (Wildman–Crippen MR) is 88.7 cm³/mol. The summed E-state index contributed by atoms with van der Waals surface area (Å²) in [5, 5.41) is 0.315. The Labute approximate surface area is 157 Å². The molecule has 0 spiro atoms. The lowest BCUT2D eigenvalue weighted by atomic mass is 10.1. The number of aldehydes is 1. The Morgan fingerprint density at radius 1 is 1.03 bits per heavy atom. The lowest BCUT2D eigenvalue weighted by molar-refractivity contribution is 0.112. The summed E-state index contributed by atoms with van der Waals surface area (Å²) in [6.07, 6.45) is 3.94. The van der Waals surface area contributed by atoms with E-state index in [9.17, 15) is 48.5 Å². The standard InChI is InChI=1S/C14H12FNO3.2BF4/c1-19-14-11(15)5-4-10-12(14)16(9-2-3-9)6-8(7-17)13(10)18;2*2-1(3,4)5/h4-7,9H,2-3H2,1H3;;/q;2*-1. The van der Waals surface area contributed by atoms with Gasteiger partial charge in [-0.15, -0.1) is 0 Å². The van der Waals surface area contributed by atoms with E-state index in [2.05, 4.69) is 0 Å². The zero-order valence-corrected chi connectivity index (χ0v) is 14.5. The molecule has 0 unspecified atom stereocenters. The third-order valence-corrected chi connectivity index (χ3v) is 3.40. The van der Waals surface area contributed by atoms with Crippen molar-refractivity contribution in [2.75, 3.05) is 7.11 Å². The van der Waals surface area contributed by atoms with Crippen molar-refractivity contribution >= 4 is 31.7 Å². The summed E-state index contributed by atoms with van der Waals surface area (Å²) in [6.45, 7) is 0. The van der Waals surface area contributed by atoms with Gasteiger partial charge in [0.2, 0.25) is 0 Å². The highest BCUT2D eigenvalue weighted by atomic mass is 19.5. The molecule has 1 aliphatic rings. The third kappa shape index (κ3) is 8.11. The van der Waals surface area contributed by atoms with Gasteiger partial charge in [0, 0.05) is 12.2 Å². The van der Waals surface area contributed by atoms with Crippen molar-refractivity contribution in [1.82, 2.24) is 4.57 Å². The molecule has 4 nitrogen and oxygen atoms in total. The zero-order valence-electron chi connectivity index (χ0n) is 14.5. The Balaban J connectivity index is 0.000000353. The highest BCUT2D eigenvalue weighted by Crippen LogP contribution is 2.39. The van der Waals surface area contributed by atoms with Crippen LogP contribution in [0, 0.1) is 5.82 Å². The Hall–Kier alpha value is -2.60. The van der Waals surface area contributed by atoms with Gasteiger partial charge in [0.25, 0.3) is 0 Å². The first-order valence-electron chi connectivity index (χ1n) is 7.78. The quantitative estimate of drug-likeness (QED) is 0.392. The second-order valence-corrected chi connectivity index (χ2v) is 5.64. The minimum absolute atomic E-state index is 0.0546. The maximum Gasteiger partial charge on any atom is 0.673 e. The van der Waals surface area contributed by atoms with Gasteiger partial charge in [-0.25, -0.2) is 4.39 Å². The van der Waals surface area contributed by atoms with Gasteiger partial charge >= 0.3 is 14.5 Å². The fourth-order valence-electron chi connectivity index (χ4n) is 2.33. The van der Waals surface area contributed by atoms with Crippen molar-refractivity contribution in [3.05, 3.63) is 39.9 Å². The number of pyridine rings is 1. The summed E-state index contributed by atoms with van der Waals surface area (Å²) in [7, 11) is -10.6. The fourth-order valence-corrected chi connectivity index (χ4v) is 2.33. The normalized spacial score (nSPS) is 13.7. The van der Waals surface area contributed by atoms with Gasteiger partial charge < -0.3 is 43.8 Å². The van der Waals surface area contributed by atoms with Gasteiger partial charge in [0.1, 0.15) is 0 Å². The number of ether oxygens (including phenoxy) is 1. The van der Waals surface area contributed by atoms with Crippen LogP contribution in [0.15, 0.2) is 23.1 Å². The van der Waals surface area contributed by atoms with Crippen LogP contribution in [-0.4, -0.2) is 32.5 Å². The molecule has 0 amide bonds. The molecule has 0 N–H and O–H groups in total. The molecule has 29 heavy (non-hydrogen) atoms. The van der Waals surface area contributed by atoms with Crippen LogP contribution in [0.4, 0.5) is 38.9 Å². The number of hydrogen-bond acceptors (Lipinski definition) is 3. The van der Waals surface area contributed by atoms with E-state index in [-0.39, 0.29) is 22.8 Å². The van der Waals surface area contributed by atoms with Gasteiger partial charge in [-0.3, -0.25) is 9.59 Å². The van der Waals surface area contributed by atoms with Gasteiger partial charge in [-0.05, 0) is 25.0 Å². The Morgan fingerprint density at radius 3 is 1.90 bits per heavy atom. The van der Waals surface area contributed by atoms with E-state index in [1.165, 1.54) is 25.4 Å². The molecule has 162 valence electrons. The zero-order chi connectivity index (χ0) is 22.6. The van der Waals surface area contributed by atoms with E-state index < -0.39 is 20.3 Å². The molecular formula is C14H12B2F9NO3-2. The number of rotatable bonds is 3. The summed E-state index contributed by atoms with van der Waals surface area (Å²) in [5.74, 6) is -0.457. The van der Waals surface area contributed by atoms with E-state index in [4.69, 9.17) is 4.74 Å². The summed E-state index contributed by atoms with van der Waals surface area (Å²) in [4.78, 5) is 23.1. The lowest BCUT2D eigenvalue weighted by Crippen LogP contribution is -2.15. The van der Waals surface area contributed by atoms with Crippen LogP contribution < -0.4 is 10.2 Å². The van der Waals surface area contributed by atoms with E-state index in [1.807, 2.05) is 0 Å². The van der Waals surface area contributed by atoms with Crippen LogP contribution in [-0.2, 0) is 0 Å². The molecule has 1 heterocycles. The van der Waals surface area contributed by atoms with Gasteiger partial charge in [0.15, 0.2) is 23.3 Å². The number of fused-ring (bicyclic) bond motifs is 1. The Bertz CT molecular complexity index is 900. The highest BCUT2D eigenvalue weighted by molar-refractivity contribution is 6.50. The first-order chi connectivity index (χ1) is 13.2. The molecule has 3 rings (SSSR count). The van der Waals surface area contributed by atoms with Crippen LogP contribution in [0.3, 0.4) is 0 Å². The molecule has 0 saturated heterocycles. The van der Waals surface area contributed by atoms with E-state index in [0.29, 0.717) is 17.2 Å². The summed E-state index contributed by atoms with van der Waals surface area (Å²) < 4.78 is 98.7. The van der Waals surface area contributed by atoms with Crippen LogP contribution in [0.1, 0.15) is 29.2 Å². The van der Waals surface area contributed by atoms with Crippen molar-refractivity contribution in [1.29, 1.82) is 0 Å². The third-order valence-electron chi connectivity index (χ3n) is 3.40. The first kappa shape index (κ1) is 24.4. The van der Waals surface area contributed by atoms with Gasteiger partial charge in [-0.1, -0.05) is 0 Å². The van der Waals surface area contributed by atoms with Crippen LogP contribution in [0.25, 0.3) is 10.9 Å². The number of aromatic nitrogens is 1. The number of benzene rings is 1. The molecular weight excluding hydrogens is 423 g/mol. The van der Waals surface area contributed by atoms with Crippen molar-refractivity contribution in [2.24, 2.45) is 0 Å². The molecule has 15 heteroatoms. The molecule has 2 aromatic rings. The minimum Gasteiger partial charge on any atom is -0.492 e. The monoisotopic (exact) mass is 435 g/mol. The number of carbonyl (C=O) groups excluding carboxylic acids is 1. The van der Waals surface area contributed by atoms with Crippen LogP contribution in [0.2, 0.25) is 0 Å². The van der Waals surface area contributed by atoms with Crippen LogP contribution in [0.5, 0.6) is 5.75 Å². The SMILES string of the molecule is COc1c(F)ccc2c(=O)c(C=O)cn(C3CC3)c12.F[B-](F)(F)F.F[B-](F)(F)F. The average Bonchev–Trinajstić information content (AvgIpc) is 3.37. The summed E-state index contributed by atoms with van der Waals surface area (Å²) in [6, 6.07) is 2.80. The second-order valence-electron chi connectivity index (χ2n) is 5.64. The number of methoxy groups -OCH3 is 1. The van der Waals surface area contributed by atoms with Crippen LogP contribution >= 0.6 is 0 Å². The average molecular weight is 435 g/mol. The van der Waals surface area contributed by atoms with E-state index in [0.717, 1.165) is 12.8 Å². The predicted octanol–water partition coefficient (Wildman–Crippen LogP) is 4.90. The van der Waals surface area contributed by atoms with E-state index >= 15 is 0 Å². The maximum atomic E-state index is 13.8. The summed E-state index contributed by atoms with van der Waals surface area (Å²) in [5.41, 5.74) is 0.133. The van der Waals surface area contributed by atoms with Crippen molar-refractivity contribution in [3.8, 4) is 5.75 Å². The minimum atomic E-state index is -6.00. The first-order valence-corrected chi connectivity index (χ1v) is 7.78. The number of hydrogen-bond donors (Lipinski definition) is 0. The lowest BCUT2D eigenvalue weighted by Gasteiger charge is -2.14. The highest BCUT2D eigenvalue weighted by Gasteiger charge is 2.27. The second kappa shape index (κ2) is 9.27. The van der Waals surface area contributed by atoms with Crippen molar-refractivity contribution in [3.63, 3.8) is 0 Å². The molecule has 0 radical (unpaired) electrons. The molecule has 1 saturated carbocycles. The molecule has 1 fully saturated rings. The number of carbonyl (C=O) groups is 1. The van der Waals surface area contributed by atoms with Crippen molar-refractivity contribution in [2.45, 2.75) is 18.9 Å². The maximum absolute atomic E-state index is 13.8. The Kier molecular flexibility index (Phi) is 7.81. The number of nitrogens with zero attached hydrogens (tertiary/aromatic N) is 1. The molecule has 0 aliphatic heterocycles. The fraction of sp³-hybridized carbons (Fsp3) is 0.286.